The zero-order chi connectivity index (χ0) is 45.6. The fourth-order valence-corrected chi connectivity index (χ4v) is 8.85. The molecule has 0 spiro atoms. The topological polar surface area (TPSA) is 221 Å². The van der Waals surface area contributed by atoms with E-state index in [0.29, 0.717) is 29.4 Å². The first-order valence-corrected chi connectivity index (χ1v) is 20.4. The molecule has 18 nitrogen and oxygen atoms in total. The Bertz CT molecular complexity index is 2030. The van der Waals surface area contributed by atoms with Crippen LogP contribution >= 0.6 is 0 Å². The van der Waals surface area contributed by atoms with Crippen LogP contribution in [-0.2, 0) is 53.9 Å². The second-order valence-corrected chi connectivity index (χ2v) is 17.9. The lowest BCUT2D eigenvalue weighted by Gasteiger charge is -2.51. The van der Waals surface area contributed by atoms with Crippen LogP contribution in [0.2, 0.25) is 0 Å². The molecule has 0 aromatic heterocycles. The van der Waals surface area contributed by atoms with Crippen molar-refractivity contribution in [3.8, 4) is 11.5 Å². The number of fused-ring (bicyclic) bond motifs is 5. The molecule has 1 aromatic rings. The van der Waals surface area contributed by atoms with Crippen molar-refractivity contribution in [3.05, 3.63) is 21.6 Å². The van der Waals surface area contributed by atoms with Gasteiger partial charge in [0, 0.05) is 64.5 Å². The van der Waals surface area contributed by atoms with Gasteiger partial charge in [-0.1, -0.05) is 13.0 Å². The van der Waals surface area contributed by atoms with Crippen molar-refractivity contribution in [1.29, 1.82) is 0 Å². The molecule has 7 unspecified atom stereocenters. The van der Waals surface area contributed by atoms with E-state index in [2.05, 4.69) is 0 Å². The van der Waals surface area contributed by atoms with Gasteiger partial charge in [-0.25, -0.2) is 9.59 Å². The van der Waals surface area contributed by atoms with Crippen molar-refractivity contribution >= 4 is 41.8 Å². The second kappa shape index (κ2) is 17.3. The van der Waals surface area contributed by atoms with E-state index in [0.717, 1.165) is 4.90 Å². The number of methoxy groups -OCH3 is 4. The van der Waals surface area contributed by atoms with E-state index in [-0.39, 0.29) is 53.9 Å². The van der Waals surface area contributed by atoms with Crippen LogP contribution < -0.4 is 19.9 Å². The quantitative estimate of drug-likeness (QED) is 0.100. The van der Waals surface area contributed by atoms with Crippen molar-refractivity contribution < 1.29 is 81.6 Å². The first-order valence-electron chi connectivity index (χ1n) is 20.4. The lowest BCUT2D eigenvalue weighted by Crippen LogP contribution is -2.72. The molecule has 5 rings (SSSR count). The fraction of sp³-hybridized carbons (Fsp3) is 0.698. The lowest BCUT2D eigenvalue weighted by atomic mass is 9.72. The van der Waals surface area contributed by atoms with Crippen LogP contribution in [-0.4, -0.2) is 128 Å². The number of carbonyl (C=O) groups is 5. The predicted octanol–water partition coefficient (Wildman–Crippen LogP) is 3.80. The van der Waals surface area contributed by atoms with Gasteiger partial charge in [0.1, 0.15) is 28.8 Å². The van der Waals surface area contributed by atoms with Crippen molar-refractivity contribution in [2.24, 2.45) is 17.8 Å². The average Bonchev–Trinajstić information content (AvgIpc) is 3.32. The number of carboxylic acid groups (broad SMARTS) is 1. The largest absolute Gasteiger partial charge is 0.514 e. The molecule has 1 aromatic carbocycles. The molecule has 2 aliphatic heterocycles. The minimum absolute atomic E-state index is 0.0994. The number of aliphatic carboxylic acids is 1. The minimum Gasteiger partial charge on any atom is -0.496 e. The molecule has 2 bridgehead atoms. The number of rotatable bonds is 12. The fourth-order valence-electron chi connectivity index (χ4n) is 8.85. The molecule has 1 amide bonds. The Labute approximate surface area is 355 Å². The Balaban J connectivity index is 1.77. The molecule has 2 aliphatic carbocycles. The Hall–Kier alpha value is -4.49. The highest BCUT2D eigenvalue weighted by Gasteiger charge is 2.81. The van der Waals surface area contributed by atoms with Gasteiger partial charge in [-0.3, -0.25) is 14.4 Å². The number of ketones is 1. The van der Waals surface area contributed by atoms with E-state index in [1.54, 1.807) is 41.5 Å². The Morgan fingerprint density at radius 1 is 0.967 bits per heavy atom. The molecule has 340 valence electrons. The van der Waals surface area contributed by atoms with Crippen LogP contribution in [0.5, 0.6) is 11.5 Å². The van der Waals surface area contributed by atoms with Crippen LogP contribution in [0, 0.1) is 17.8 Å². The number of carbonyl (C=O) groups excluding carboxylic acids is 4. The first-order chi connectivity index (χ1) is 28.4. The van der Waals surface area contributed by atoms with E-state index in [1.165, 1.54) is 42.4 Å². The number of aliphatic hydroxyl groups is 1. The van der Waals surface area contributed by atoms with E-state index in [4.69, 9.17) is 47.4 Å². The van der Waals surface area contributed by atoms with Crippen LogP contribution in [0.3, 0.4) is 0 Å². The number of amides is 1. The maximum atomic E-state index is 14.5. The summed E-state index contributed by atoms with van der Waals surface area (Å²) in [5.74, 6) is -10.8. The molecule has 0 saturated carbocycles. The van der Waals surface area contributed by atoms with Gasteiger partial charge in [-0.15, -0.1) is 0 Å². The summed E-state index contributed by atoms with van der Waals surface area (Å²) in [4.78, 5) is 68.6. The third-order valence-corrected chi connectivity index (χ3v) is 11.6. The molecule has 2 N–H and O–H groups in total. The number of hydrogen-bond donors (Lipinski definition) is 2. The number of esters is 1. The molecule has 0 radical (unpaired) electrons. The van der Waals surface area contributed by atoms with E-state index >= 15 is 0 Å². The van der Waals surface area contributed by atoms with E-state index < -0.39 is 89.1 Å². The number of benzene rings is 1. The third kappa shape index (κ3) is 8.53. The zero-order valence-corrected chi connectivity index (χ0v) is 37.4. The summed E-state index contributed by atoms with van der Waals surface area (Å²) >= 11 is 0. The van der Waals surface area contributed by atoms with Crippen molar-refractivity contribution in [2.45, 2.75) is 135 Å². The molecule has 2 fully saturated rings. The second-order valence-electron chi connectivity index (χ2n) is 17.9. The summed E-state index contributed by atoms with van der Waals surface area (Å²) in [6, 6.07) is 0. The van der Waals surface area contributed by atoms with Gasteiger partial charge in [0.2, 0.25) is 11.9 Å². The van der Waals surface area contributed by atoms with Gasteiger partial charge in [-0.2, -0.15) is 0 Å². The van der Waals surface area contributed by atoms with Crippen molar-refractivity contribution in [2.75, 3.05) is 42.0 Å². The molecule has 18 heteroatoms. The molecular weight excluding hydrogens is 802 g/mol. The number of hydrogen-bond acceptors (Lipinski definition) is 16. The van der Waals surface area contributed by atoms with E-state index in [9.17, 15) is 34.2 Å². The maximum absolute atomic E-state index is 14.5. The normalized spacial score (nSPS) is 27.5. The SMILES string of the molecule is COc1c2c(c(OC(=O)OC(C)(C)C)c3c1=CC1CCC4(OC(=O)C(CCN(C)C(=O)OC(C)(C)C)C(=O)O)C(O)(C(OC)OC)OC(C)C4(OC)OC=3C1C)C(=O)CCC2. The van der Waals surface area contributed by atoms with Gasteiger partial charge in [0.15, 0.2) is 17.5 Å². The maximum Gasteiger partial charge on any atom is 0.514 e. The Morgan fingerprint density at radius 3 is 2.16 bits per heavy atom. The highest BCUT2D eigenvalue weighted by Crippen LogP contribution is 2.58. The molecular formula is C43H61NO17. The van der Waals surface area contributed by atoms with Crippen LogP contribution in [0.15, 0.2) is 0 Å². The standard InChI is InChI=1S/C43H61NO17/c1-22-24-17-19-41(59-35(48)26(34(46)47)18-20-44(9)37(49)60-39(3,4)5)42(51,36(53-11)54-12)57-23(2)43(41,55-13)58-31(22)30-27(21-24)32(52-10)25-15-14-16-28(45)29(25)33(30)56-38(50)61-40(6,7)8/h21-24,26,36,51H,14-20H2,1-13H3,(H,46,47). The van der Waals surface area contributed by atoms with Crippen LogP contribution in [0.4, 0.5) is 9.59 Å². The number of nitrogens with zero attached hydrogens (tertiary/aromatic N) is 1. The summed E-state index contributed by atoms with van der Waals surface area (Å²) < 4.78 is 60.1. The summed E-state index contributed by atoms with van der Waals surface area (Å²) in [6.07, 6.45) is -2.41. The van der Waals surface area contributed by atoms with Gasteiger partial charge in [0.25, 0.3) is 11.6 Å². The Kier molecular flexibility index (Phi) is 13.5. The smallest absolute Gasteiger partial charge is 0.496 e. The summed E-state index contributed by atoms with van der Waals surface area (Å²) in [5, 5.41) is 23.9. The molecule has 7 atom stereocenters. The summed E-state index contributed by atoms with van der Waals surface area (Å²) in [7, 11) is 6.56. The molecule has 4 aliphatic rings. The third-order valence-electron chi connectivity index (χ3n) is 11.6. The zero-order valence-electron chi connectivity index (χ0n) is 37.4. The highest BCUT2D eigenvalue weighted by molar-refractivity contribution is 6.02. The van der Waals surface area contributed by atoms with Crippen molar-refractivity contribution in [3.63, 3.8) is 0 Å². The van der Waals surface area contributed by atoms with Gasteiger partial charge < -0.3 is 62.5 Å². The van der Waals surface area contributed by atoms with Crippen LogP contribution in [0.25, 0.3) is 11.8 Å². The first kappa shape index (κ1) is 47.6. The number of carboxylic acids is 1. The van der Waals surface area contributed by atoms with Gasteiger partial charge in [0.05, 0.1) is 17.9 Å². The van der Waals surface area contributed by atoms with Crippen LogP contribution in [0.1, 0.15) is 103 Å². The lowest BCUT2D eigenvalue weighted by molar-refractivity contribution is -0.380. The number of Topliss-reactive ketones (excluding diaryl/α,β-unsaturated/α-hetero) is 1. The van der Waals surface area contributed by atoms with Crippen molar-refractivity contribution in [1.82, 2.24) is 4.90 Å². The van der Waals surface area contributed by atoms with Gasteiger partial charge >= 0.3 is 24.2 Å². The minimum atomic E-state index is -2.74. The average molecular weight is 864 g/mol. The molecule has 2 saturated heterocycles. The highest BCUT2D eigenvalue weighted by atomic mass is 16.8. The predicted molar refractivity (Wildman–Crippen MR) is 214 cm³/mol. The van der Waals surface area contributed by atoms with E-state index in [1.807, 2.05) is 13.0 Å². The summed E-state index contributed by atoms with van der Waals surface area (Å²) in [6.45, 7) is 13.1. The molecule has 2 heterocycles. The summed E-state index contributed by atoms with van der Waals surface area (Å²) in [5.41, 5.74) is -3.61. The van der Waals surface area contributed by atoms with Gasteiger partial charge in [-0.05, 0) is 80.1 Å². The molecule has 61 heavy (non-hydrogen) atoms. The number of ether oxygens (including phenoxy) is 10. The Morgan fingerprint density at radius 2 is 1.61 bits per heavy atom. The monoisotopic (exact) mass is 863 g/mol.